The summed E-state index contributed by atoms with van der Waals surface area (Å²) in [6, 6.07) is 28.5. The van der Waals surface area contributed by atoms with Crippen LogP contribution in [0.15, 0.2) is 96.4 Å². The quantitative estimate of drug-likeness (QED) is 0.383. The lowest BCUT2D eigenvalue weighted by molar-refractivity contribution is -0.153. The summed E-state index contributed by atoms with van der Waals surface area (Å²) in [6.07, 6.45) is -0.971. The number of aromatic nitrogens is 1. The van der Waals surface area contributed by atoms with Gasteiger partial charge in [-0.25, -0.2) is 4.98 Å². The van der Waals surface area contributed by atoms with Gasteiger partial charge in [0.2, 0.25) is 0 Å². The first-order valence-corrected chi connectivity index (χ1v) is 11.1. The van der Waals surface area contributed by atoms with Gasteiger partial charge in [-0.15, -0.1) is 11.3 Å². The smallest absolute Gasteiger partial charge is 0.318 e. The maximum atomic E-state index is 13.1. The number of anilines is 1. The number of hydrogen-bond donors (Lipinski definition) is 1. The molecule has 0 aliphatic heterocycles. The fraction of sp³-hybridized carbons (Fsp3) is 0.115. The number of nitrogens with one attached hydrogen (secondary N) is 1. The van der Waals surface area contributed by atoms with Crippen LogP contribution < -0.4 is 5.32 Å². The van der Waals surface area contributed by atoms with Crippen molar-refractivity contribution in [1.82, 2.24) is 4.98 Å². The van der Waals surface area contributed by atoms with Crippen molar-refractivity contribution >= 4 is 28.3 Å². The summed E-state index contributed by atoms with van der Waals surface area (Å²) in [5.41, 5.74) is 3.37. The van der Waals surface area contributed by atoms with Crippen LogP contribution in [0.2, 0.25) is 0 Å². The molecule has 0 saturated carbocycles. The van der Waals surface area contributed by atoms with E-state index in [9.17, 15) is 9.59 Å². The Morgan fingerprint density at radius 2 is 1.38 bits per heavy atom. The van der Waals surface area contributed by atoms with Crippen molar-refractivity contribution in [1.29, 1.82) is 0 Å². The van der Waals surface area contributed by atoms with E-state index in [1.807, 2.05) is 96.4 Å². The van der Waals surface area contributed by atoms with Gasteiger partial charge in [-0.05, 0) is 18.1 Å². The monoisotopic (exact) mass is 442 g/mol. The van der Waals surface area contributed by atoms with Crippen molar-refractivity contribution in [3.05, 3.63) is 108 Å². The van der Waals surface area contributed by atoms with Gasteiger partial charge in [0, 0.05) is 10.9 Å². The molecule has 5 nitrogen and oxygen atoms in total. The van der Waals surface area contributed by atoms with Crippen LogP contribution >= 0.6 is 11.3 Å². The molecule has 1 atom stereocenters. The minimum atomic E-state index is -0.971. The van der Waals surface area contributed by atoms with Gasteiger partial charge in [0.1, 0.15) is 5.92 Å². The summed E-state index contributed by atoms with van der Waals surface area (Å²) in [4.78, 5) is 30.2. The minimum Gasteiger partial charge on any atom is -0.452 e. The molecule has 1 unspecified atom stereocenters. The molecule has 4 aromatic rings. The van der Waals surface area contributed by atoms with Crippen molar-refractivity contribution < 1.29 is 14.3 Å². The number of nitrogens with zero attached hydrogens (tertiary/aromatic N) is 1. The van der Waals surface area contributed by atoms with E-state index in [0.29, 0.717) is 5.13 Å². The van der Waals surface area contributed by atoms with E-state index >= 15 is 0 Å². The predicted octanol–water partition coefficient (Wildman–Crippen LogP) is 5.51. The third-order valence-electron chi connectivity index (χ3n) is 4.97. The lowest BCUT2D eigenvalue weighted by Crippen LogP contribution is -2.32. The third kappa shape index (κ3) is 5.10. The van der Waals surface area contributed by atoms with Gasteiger partial charge in [0.05, 0.1) is 5.69 Å². The molecule has 0 bridgehead atoms. The highest BCUT2D eigenvalue weighted by atomic mass is 32.1. The number of carbonyl (C=O) groups excluding carboxylic acids is 2. The van der Waals surface area contributed by atoms with Crippen molar-refractivity contribution in [2.24, 2.45) is 0 Å². The molecule has 3 aromatic carbocycles. The first kappa shape index (κ1) is 21.5. The number of rotatable bonds is 7. The molecule has 0 aliphatic carbocycles. The number of esters is 1. The summed E-state index contributed by atoms with van der Waals surface area (Å²) >= 11 is 1.33. The SMILES string of the molecule is CC(OC(=O)C(c1ccccc1)c1ccccc1)C(=O)Nc1nc(-c2ccccc2)cs1. The molecule has 0 spiro atoms. The predicted molar refractivity (Wildman–Crippen MR) is 126 cm³/mol. The number of amides is 1. The molecule has 6 heteroatoms. The maximum absolute atomic E-state index is 13.1. The van der Waals surface area contributed by atoms with E-state index in [1.54, 1.807) is 6.92 Å². The van der Waals surface area contributed by atoms with Gasteiger partial charge in [0.25, 0.3) is 5.91 Å². The molecule has 0 fully saturated rings. The summed E-state index contributed by atoms with van der Waals surface area (Å²) < 4.78 is 5.57. The molecule has 1 aromatic heterocycles. The summed E-state index contributed by atoms with van der Waals surface area (Å²) in [6.45, 7) is 1.56. The van der Waals surface area contributed by atoms with Crippen molar-refractivity contribution in [3.8, 4) is 11.3 Å². The van der Waals surface area contributed by atoms with E-state index in [2.05, 4.69) is 10.3 Å². The zero-order valence-corrected chi connectivity index (χ0v) is 18.3. The van der Waals surface area contributed by atoms with Gasteiger partial charge >= 0.3 is 5.97 Å². The topological polar surface area (TPSA) is 68.3 Å². The van der Waals surface area contributed by atoms with Gasteiger partial charge in [-0.2, -0.15) is 0 Å². The highest BCUT2D eigenvalue weighted by molar-refractivity contribution is 7.14. The van der Waals surface area contributed by atoms with Gasteiger partial charge < -0.3 is 4.74 Å². The molecule has 0 aliphatic rings. The van der Waals surface area contributed by atoms with Crippen molar-refractivity contribution in [2.75, 3.05) is 5.32 Å². The fourth-order valence-corrected chi connectivity index (χ4v) is 4.05. The maximum Gasteiger partial charge on any atom is 0.318 e. The molecule has 160 valence electrons. The minimum absolute atomic E-state index is 0.424. The molecule has 1 amide bonds. The summed E-state index contributed by atoms with van der Waals surface area (Å²) in [7, 11) is 0. The highest BCUT2D eigenvalue weighted by Gasteiger charge is 2.28. The average Bonchev–Trinajstić information content (AvgIpc) is 3.29. The largest absolute Gasteiger partial charge is 0.452 e. The van der Waals surface area contributed by atoms with Crippen LogP contribution in [0.4, 0.5) is 5.13 Å². The fourth-order valence-electron chi connectivity index (χ4n) is 3.33. The van der Waals surface area contributed by atoms with E-state index in [1.165, 1.54) is 11.3 Å². The Labute approximate surface area is 190 Å². The van der Waals surface area contributed by atoms with Crippen LogP contribution in [0.3, 0.4) is 0 Å². The van der Waals surface area contributed by atoms with Crippen LogP contribution in [0.5, 0.6) is 0 Å². The lowest BCUT2D eigenvalue weighted by atomic mass is 9.91. The Balaban J connectivity index is 1.45. The number of hydrogen-bond acceptors (Lipinski definition) is 5. The Bertz CT molecular complexity index is 1140. The van der Waals surface area contributed by atoms with E-state index in [-0.39, 0.29) is 0 Å². The highest BCUT2D eigenvalue weighted by Crippen LogP contribution is 2.27. The van der Waals surface area contributed by atoms with Crippen LogP contribution in [0, 0.1) is 0 Å². The van der Waals surface area contributed by atoms with Crippen molar-refractivity contribution in [3.63, 3.8) is 0 Å². The number of benzene rings is 3. The van der Waals surface area contributed by atoms with E-state index in [0.717, 1.165) is 22.4 Å². The van der Waals surface area contributed by atoms with Gasteiger partial charge in [-0.3, -0.25) is 14.9 Å². The number of thiazole rings is 1. The normalized spacial score (nSPS) is 11.7. The number of carbonyl (C=O) groups is 2. The molecular weight excluding hydrogens is 420 g/mol. The second-order valence-electron chi connectivity index (χ2n) is 7.23. The zero-order chi connectivity index (χ0) is 22.3. The van der Waals surface area contributed by atoms with Crippen molar-refractivity contribution in [2.45, 2.75) is 18.9 Å². The van der Waals surface area contributed by atoms with Crippen LogP contribution in [0.25, 0.3) is 11.3 Å². The molecular formula is C26H22N2O3S. The zero-order valence-electron chi connectivity index (χ0n) is 17.5. The Hall–Kier alpha value is -3.77. The number of ether oxygens (including phenoxy) is 1. The van der Waals surface area contributed by atoms with E-state index in [4.69, 9.17) is 4.74 Å². The van der Waals surface area contributed by atoms with Crippen LogP contribution in [-0.2, 0) is 14.3 Å². The standard InChI is InChI=1S/C26H22N2O3S/c1-18(24(29)28-26-27-22(17-32-26)19-11-5-2-6-12-19)31-25(30)23(20-13-7-3-8-14-20)21-15-9-4-10-16-21/h2-18,23H,1H3,(H,27,28,29). The lowest BCUT2D eigenvalue weighted by Gasteiger charge is -2.19. The molecule has 4 rings (SSSR count). The molecule has 32 heavy (non-hydrogen) atoms. The Kier molecular flexibility index (Phi) is 6.72. The average molecular weight is 443 g/mol. The van der Waals surface area contributed by atoms with Crippen LogP contribution in [0.1, 0.15) is 24.0 Å². The third-order valence-corrected chi connectivity index (χ3v) is 5.73. The summed E-state index contributed by atoms with van der Waals surface area (Å²) in [5.74, 6) is -1.52. The molecule has 0 saturated heterocycles. The van der Waals surface area contributed by atoms with Gasteiger partial charge in [-0.1, -0.05) is 91.0 Å². The molecule has 0 radical (unpaired) electrons. The van der Waals surface area contributed by atoms with Gasteiger partial charge in [0.15, 0.2) is 11.2 Å². The molecule has 1 heterocycles. The second-order valence-corrected chi connectivity index (χ2v) is 8.08. The molecule has 1 N–H and O–H groups in total. The summed E-state index contributed by atoms with van der Waals surface area (Å²) in [5, 5.41) is 5.08. The Morgan fingerprint density at radius 1 is 0.844 bits per heavy atom. The first-order valence-electron chi connectivity index (χ1n) is 10.2. The Morgan fingerprint density at radius 3 is 1.94 bits per heavy atom. The first-order chi connectivity index (χ1) is 15.6. The van der Waals surface area contributed by atoms with Crippen LogP contribution in [-0.4, -0.2) is 23.0 Å². The van der Waals surface area contributed by atoms with E-state index < -0.39 is 23.9 Å². The second kappa shape index (κ2) is 10.0.